The number of carbonyl (C=O) groups excluding carboxylic acids is 1. The molecule has 2 aromatic heterocycles. The number of likely N-dealkylation sites (tertiary alicyclic amines) is 1. The van der Waals surface area contributed by atoms with E-state index in [1.165, 1.54) is 0 Å². The number of fused-ring (bicyclic) bond motifs is 1. The Morgan fingerprint density at radius 3 is 2.80 bits per heavy atom. The van der Waals surface area contributed by atoms with Gasteiger partial charge in [0, 0.05) is 49.7 Å². The standard InChI is InChI=1S/C26H26N6O3/c1-17(33)32-10-2-3-24(32)20-13-21-22(30-26(29-21)23-15-27-8-9-28-23)14-25(20)35-19-6-4-18(5-7-19)31-11-12-34-16-31/h4-9,13-15,24H,2-3,10-12,16H2,1H3,(H,29,30). The summed E-state index contributed by atoms with van der Waals surface area (Å²) in [5.41, 5.74) is 4.37. The minimum absolute atomic E-state index is 0.0452. The van der Waals surface area contributed by atoms with Crippen LogP contribution in [0.5, 0.6) is 11.5 Å². The van der Waals surface area contributed by atoms with Crippen LogP contribution in [0, 0.1) is 0 Å². The van der Waals surface area contributed by atoms with Crippen LogP contribution in [0.15, 0.2) is 55.0 Å². The first-order valence-corrected chi connectivity index (χ1v) is 11.8. The molecule has 2 aromatic carbocycles. The number of hydrogen-bond acceptors (Lipinski definition) is 7. The van der Waals surface area contributed by atoms with E-state index in [1.807, 2.05) is 35.2 Å². The lowest BCUT2D eigenvalue weighted by atomic mass is 10.0. The lowest BCUT2D eigenvalue weighted by Gasteiger charge is -2.25. The molecule has 2 saturated heterocycles. The molecule has 1 N–H and O–H groups in total. The summed E-state index contributed by atoms with van der Waals surface area (Å²) in [5.74, 6) is 2.14. The maximum atomic E-state index is 12.4. The highest BCUT2D eigenvalue weighted by Crippen LogP contribution is 2.41. The normalized spacial score (nSPS) is 17.9. The second-order valence-electron chi connectivity index (χ2n) is 8.85. The number of nitrogens with zero attached hydrogens (tertiary/aromatic N) is 5. The first kappa shape index (κ1) is 21.5. The highest BCUT2D eigenvalue weighted by atomic mass is 16.5. The number of aromatic amines is 1. The number of ether oxygens (including phenoxy) is 2. The number of anilines is 1. The van der Waals surface area contributed by atoms with Gasteiger partial charge in [-0.25, -0.2) is 9.97 Å². The number of carbonyl (C=O) groups is 1. The molecule has 0 bridgehead atoms. The molecule has 6 rings (SSSR count). The van der Waals surface area contributed by atoms with Gasteiger partial charge >= 0.3 is 0 Å². The van der Waals surface area contributed by atoms with Gasteiger partial charge < -0.3 is 24.3 Å². The van der Waals surface area contributed by atoms with E-state index in [2.05, 4.69) is 25.9 Å². The average Bonchev–Trinajstić information content (AvgIpc) is 3.65. The third-order valence-electron chi connectivity index (χ3n) is 6.62. The number of imidazole rings is 1. The van der Waals surface area contributed by atoms with E-state index >= 15 is 0 Å². The van der Waals surface area contributed by atoms with E-state index in [0.717, 1.165) is 60.6 Å². The van der Waals surface area contributed by atoms with Crippen molar-refractivity contribution in [2.24, 2.45) is 0 Å². The lowest BCUT2D eigenvalue weighted by molar-refractivity contribution is -0.129. The number of amides is 1. The molecular weight excluding hydrogens is 444 g/mol. The van der Waals surface area contributed by atoms with Crippen molar-refractivity contribution < 1.29 is 14.3 Å². The number of nitrogens with one attached hydrogen (secondary N) is 1. The van der Waals surface area contributed by atoms with Crippen molar-refractivity contribution in [3.63, 3.8) is 0 Å². The molecule has 1 unspecified atom stereocenters. The van der Waals surface area contributed by atoms with E-state index in [9.17, 15) is 4.79 Å². The predicted molar refractivity (Wildman–Crippen MR) is 131 cm³/mol. The molecule has 0 spiro atoms. The number of rotatable bonds is 5. The van der Waals surface area contributed by atoms with Gasteiger partial charge in [0.15, 0.2) is 5.82 Å². The van der Waals surface area contributed by atoms with Crippen molar-refractivity contribution in [2.45, 2.75) is 25.8 Å². The van der Waals surface area contributed by atoms with Crippen LogP contribution < -0.4 is 9.64 Å². The third kappa shape index (κ3) is 4.19. The molecule has 0 aliphatic carbocycles. The monoisotopic (exact) mass is 470 g/mol. The Labute approximate surface area is 202 Å². The van der Waals surface area contributed by atoms with Crippen LogP contribution in [-0.4, -0.2) is 57.2 Å². The molecule has 2 fully saturated rings. The summed E-state index contributed by atoms with van der Waals surface area (Å²) in [6.45, 7) is 4.61. The predicted octanol–water partition coefficient (Wildman–Crippen LogP) is 4.29. The quantitative estimate of drug-likeness (QED) is 0.465. The van der Waals surface area contributed by atoms with Crippen LogP contribution in [0.3, 0.4) is 0 Å². The van der Waals surface area contributed by atoms with Gasteiger partial charge in [-0.1, -0.05) is 0 Å². The van der Waals surface area contributed by atoms with Crippen LogP contribution in [0.2, 0.25) is 0 Å². The highest BCUT2D eigenvalue weighted by molar-refractivity contribution is 5.82. The fraction of sp³-hybridized carbons (Fsp3) is 0.308. The van der Waals surface area contributed by atoms with Crippen molar-refractivity contribution >= 4 is 22.6 Å². The molecule has 4 heterocycles. The summed E-state index contributed by atoms with van der Waals surface area (Å²) in [4.78, 5) is 33.1. The molecule has 178 valence electrons. The summed E-state index contributed by atoms with van der Waals surface area (Å²) in [7, 11) is 0. The first-order valence-electron chi connectivity index (χ1n) is 11.8. The molecule has 1 atom stereocenters. The number of aromatic nitrogens is 4. The Hall–Kier alpha value is -3.98. The Morgan fingerprint density at radius 2 is 2.06 bits per heavy atom. The van der Waals surface area contributed by atoms with Crippen LogP contribution in [0.1, 0.15) is 31.4 Å². The number of benzene rings is 2. The lowest BCUT2D eigenvalue weighted by Crippen LogP contribution is -2.28. The molecule has 0 saturated carbocycles. The third-order valence-corrected chi connectivity index (χ3v) is 6.62. The van der Waals surface area contributed by atoms with Gasteiger partial charge in [0.2, 0.25) is 5.91 Å². The summed E-state index contributed by atoms with van der Waals surface area (Å²) >= 11 is 0. The zero-order chi connectivity index (χ0) is 23.8. The summed E-state index contributed by atoms with van der Waals surface area (Å²) < 4.78 is 11.9. The second-order valence-corrected chi connectivity index (χ2v) is 8.85. The van der Waals surface area contributed by atoms with Gasteiger partial charge in [0.25, 0.3) is 0 Å². The van der Waals surface area contributed by atoms with Gasteiger partial charge in [0.05, 0.1) is 29.9 Å². The van der Waals surface area contributed by atoms with E-state index in [4.69, 9.17) is 14.5 Å². The van der Waals surface area contributed by atoms with Crippen LogP contribution >= 0.6 is 0 Å². The number of hydrogen-bond donors (Lipinski definition) is 1. The fourth-order valence-corrected chi connectivity index (χ4v) is 4.88. The largest absolute Gasteiger partial charge is 0.457 e. The van der Waals surface area contributed by atoms with Crippen molar-refractivity contribution in [3.05, 3.63) is 60.6 Å². The van der Waals surface area contributed by atoms with E-state index in [0.29, 0.717) is 24.0 Å². The molecule has 4 aromatic rings. The average molecular weight is 471 g/mol. The Balaban J connectivity index is 1.39. The smallest absolute Gasteiger partial charge is 0.219 e. The van der Waals surface area contributed by atoms with Crippen LogP contribution in [-0.2, 0) is 9.53 Å². The van der Waals surface area contributed by atoms with Gasteiger partial charge in [-0.15, -0.1) is 0 Å². The molecule has 35 heavy (non-hydrogen) atoms. The Bertz CT molecular complexity index is 1350. The van der Waals surface area contributed by atoms with Gasteiger partial charge in [-0.3, -0.25) is 9.78 Å². The topological polar surface area (TPSA) is 96.5 Å². The SMILES string of the molecule is CC(=O)N1CCCC1c1cc2[nH]c(-c3cnccn3)nc2cc1Oc1ccc(N2CCOC2)cc1. The fourth-order valence-electron chi connectivity index (χ4n) is 4.88. The van der Waals surface area contributed by atoms with E-state index < -0.39 is 0 Å². The molecule has 1 amide bonds. The molecule has 9 nitrogen and oxygen atoms in total. The molecule has 2 aliphatic heterocycles. The zero-order valence-electron chi connectivity index (χ0n) is 19.5. The van der Waals surface area contributed by atoms with Crippen LogP contribution in [0.4, 0.5) is 5.69 Å². The van der Waals surface area contributed by atoms with Gasteiger partial charge in [0.1, 0.15) is 23.9 Å². The Kier molecular flexibility index (Phi) is 5.54. The Morgan fingerprint density at radius 1 is 1.17 bits per heavy atom. The van der Waals surface area contributed by atoms with E-state index in [-0.39, 0.29) is 11.9 Å². The zero-order valence-corrected chi connectivity index (χ0v) is 19.5. The summed E-state index contributed by atoms with van der Waals surface area (Å²) in [6.07, 6.45) is 6.80. The van der Waals surface area contributed by atoms with Crippen molar-refractivity contribution in [3.8, 4) is 23.0 Å². The highest BCUT2D eigenvalue weighted by Gasteiger charge is 2.31. The molecule has 9 heteroatoms. The second kappa shape index (κ2) is 8.99. The minimum atomic E-state index is -0.0452. The molecular formula is C26H26N6O3. The van der Waals surface area contributed by atoms with Gasteiger partial charge in [-0.05, 0) is 43.2 Å². The first-order chi connectivity index (χ1) is 17.2. The van der Waals surface area contributed by atoms with Crippen LogP contribution in [0.25, 0.3) is 22.6 Å². The molecule has 0 radical (unpaired) electrons. The molecule has 2 aliphatic rings. The summed E-state index contributed by atoms with van der Waals surface area (Å²) in [5, 5.41) is 0. The minimum Gasteiger partial charge on any atom is -0.457 e. The van der Waals surface area contributed by atoms with E-state index in [1.54, 1.807) is 25.5 Å². The van der Waals surface area contributed by atoms with Crippen molar-refractivity contribution in [1.29, 1.82) is 0 Å². The summed E-state index contributed by atoms with van der Waals surface area (Å²) in [6, 6.07) is 12.0. The van der Waals surface area contributed by atoms with Crippen molar-refractivity contribution in [2.75, 3.05) is 31.3 Å². The van der Waals surface area contributed by atoms with Gasteiger partial charge in [-0.2, -0.15) is 0 Å². The van der Waals surface area contributed by atoms with Crippen molar-refractivity contribution in [1.82, 2.24) is 24.8 Å². The number of H-pyrrole nitrogens is 1. The maximum absolute atomic E-state index is 12.4. The maximum Gasteiger partial charge on any atom is 0.219 e.